The average molecular weight is 278 g/mol. The summed E-state index contributed by atoms with van der Waals surface area (Å²) >= 11 is 0. The Balaban J connectivity index is 2.02. The summed E-state index contributed by atoms with van der Waals surface area (Å²) in [5, 5.41) is 29.7. The van der Waals surface area contributed by atoms with Gasteiger partial charge in [-0.05, 0) is 35.6 Å². The monoisotopic (exact) mass is 278 g/mol. The molecule has 0 atom stereocenters. The molecule has 0 bridgehead atoms. The third kappa shape index (κ3) is 3.02. The van der Waals surface area contributed by atoms with Gasteiger partial charge in [-0.3, -0.25) is 10.1 Å². The van der Waals surface area contributed by atoms with E-state index in [9.17, 15) is 10.1 Å². The highest BCUT2D eigenvalue weighted by Gasteiger charge is 2.19. The smallest absolute Gasteiger partial charge is 0.300 e. The molecule has 0 aliphatic rings. The maximum absolute atomic E-state index is 10.8. The molecule has 1 aromatic carbocycles. The lowest BCUT2D eigenvalue weighted by Crippen LogP contribution is -2.02. The van der Waals surface area contributed by atoms with Gasteiger partial charge in [0, 0.05) is 12.6 Å². The van der Waals surface area contributed by atoms with Gasteiger partial charge in [-0.1, -0.05) is 6.08 Å². The number of non-ortho nitro benzene ring substituents is 1. The number of nitro groups is 1. The summed E-state index contributed by atoms with van der Waals surface area (Å²) in [4.78, 5) is 10.3. The number of fused-ring (bicyclic) bond motifs is 1. The van der Waals surface area contributed by atoms with Gasteiger partial charge < -0.3 is 10.4 Å². The number of rotatable bonds is 7. The quantitative estimate of drug-likeness (QED) is 0.346. The second-order valence-corrected chi connectivity index (χ2v) is 4.16. The van der Waals surface area contributed by atoms with E-state index >= 15 is 0 Å². The number of allylic oxidation sites excluding steroid dienone is 1. The van der Waals surface area contributed by atoms with E-state index in [0.717, 1.165) is 25.5 Å². The van der Waals surface area contributed by atoms with Crippen LogP contribution in [-0.2, 0) is 0 Å². The molecule has 2 aromatic rings. The average Bonchev–Trinajstić information content (AvgIpc) is 2.91. The lowest BCUT2D eigenvalue weighted by atomic mass is 10.2. The molecule has 0 radical (unpaired) electrons. The normalized spacial score (nSPS) is 11.2. The first-order valence-corrected chi connectivity index (χ1v) is 6.17. The van der Waals surface area contributed by atoms with Crippen molar-refractivity contribution < 1.29 is 14.7 Å². The van der Waals surface area contributed by atoms with E-state index in [4.69, 9.17) is 5.11 Å². The fourth-order valence-corrected chi connectivity index (χ4v) is 1.83. The number of nitrogens with one attached hydrogen (secondary N) is 1. The highest BCUT2D eigenvalue weighted by molar-refractivity contribution is 5.93. The molecule has 0 saturated carbocycles. The van der Waals surface area contributed by atoms with Gasteiger partial charge in [-0.2, -0.15) is 0 Å². The number of aliphatic hydroxyl groups excluding tert-OH is 1. The number of aliphatic hydroxyl groups is 1. The van der Waals surface area contributed by atoms with Crippen molar-refractivity contribution >= 4 is 22.4 Å². The lowest BCUT2D eigenvalue weighted by molar-refractivity contribution is -0.383. The van der Waals surface area contributed by atoms with Crippen LogP contribution < -0.4 is 5.32 Å². The summed E-state index contributed by atoms with van der Waals surface area (Å²) in [7, 11) is 0. The van der Waals surface area contributed by atoms with Crippen LogP contribution in [0.25, 0.3) is 11.0 Å². The van der Waals surface area contributed by atoms with E-state index < -0.39 is 4.92 Å². The zero-order valence-corrected chi connectivity index (χ0v) is 10.7. The number of nitrogens with zero attached hydrogens (tertiary/aromatic N) is 3. The molecule has 0 unspecified atom stereocenters. The fourth-order valence-electron chi connectivity index (χ4n) is 1.83. The molecule has 1 heterocycles. The Kier molecular flexibility index (Phi) is 4.48. The maximum Gasteiger partial charge on any atom is 0.300 e. The van der Waals surface area contributed by atoms with Crippen LogP contribution in [0.5, 0.6) is 0 Å². The van der Waals surface area contributed by atoms with Crippen molar-refractivity contribution in [2.45, 2.75) is 19.3 Å². The SMILES string of the molecule is O=[N+]([O-])c1ccc(NCCCCC=CO)c2nonc12. The topological polar surface area (TPSA) is 114 Å². The van der Waals surface area contributed by atoms with E-state index in [2.05, 4.69) is 20.3 Å². The molecular weight excluding hydrogens is 264 g/mol. The van der Waals surface area contributed by atoms with Gasteiger partial charge in [0.25, 0.3) is 0 Å². The maximum atomic E-state index is 10.8. The Bertz CT molecular complexity index is 623. The Morgan fingerprint density at radius 2 is 2.15 bits per heavy atom. The van der Waals surface area contributed by atoms with E-state index in [1.165, 1.54) is 6.07 Å². The molecule has 2 rings (SSSR count). The summed E-state index contributed by atoms with van der Waals surface area (Å²) in [6.07, 6.45) is 5.35. The Hall–Kier alpha value is -2.64. The molecule has 106 valence electrons. The van der Waals surface area contributed by atoms with Gasteiger partial charge in [0.15, 0.2) is 5.52 Å². The van der Waals surface area contributed by atoms with E-state index in [1.807, 2.05) is 0 Å². The zero-order valence-electron chi connectivity index (χ0n) is 10.7. The van der Waals surface area contributed by atoms with Crippen LogP contribution in [-0.4, -0.2) is 26.9 Å². The summed E-state index contributed by atoms with van der Waals surface area (Å²) in [5.41, 5.74) is 1.03. The van der Waals surface area contributed by atoms with Crippen LogP contribution in [0.4, 0.5) is 11.4 Å². The molecule has 0 aliphatic heterocycles. The van der Waals surface area contributed by atoms with Crippen LogP contribution in [0.2, 0.25) is 0 Å². The zero-order chi connectivity index (χ0) is 14.4. The van der Waals surface area contributed by atoms with Crippen LogP contribution in [0, 0.1) is 10.1 Å². The lowest BCUT2D eigenvalue weighted by Gasteiger charge is -2.05. The molecule has 1 aromatic heterocycles. The minimum Gasteiger partial charge on any atom is -0.516 e. The number of hydrogen-bond donors (Lipinski definition) is 2. The van der Waals surface area contributed by atoms with Gasteiger partial charge in [0.1, 0.15) is 0 Å². The number of unbranched alkanes of at least 4 members (excludes halogenated alkanes) is 2. The second-order valence-electron chi connectivity index (χ2n) is 4.16. The summed E-state index contributed by atoms with van der Waals surface area (Å²) in [6.45, 7) is 0.693. The Labute approximate surface area is 114 Å². The Morgan fingerprint density at radius 1 is 1.35 bits per heavy atom. The summed E-state index contributed by atoms with van der Waals surface area (Å²) in [6, 6.07) is 2.97. The van der Waals surface area contributed by atoms with E-state index in [-0.39, 0.29) is 11.2 Å². The van der Waals surface area contributed by atoms with Crippen molar-refractivity contribution in [3.63, 3.8) is 0 Å². The molecule has 20 heavy (non-hydrogen) atoms. The largest absolute Gasteiger partial charge is 0.516 e. The molecule has 0 fully saturated rings. The molecule has 8 nitrogen and oxygen atoms in total. The number of nitro benzene ring substituents is 1. The molecule has 0 saturated heterocycles. The van der Waals surface area contributed by atoms with Crippen molar-refractivity contribution in [2.75, 3.05) is 11.9 Å². The fraction of sp³-hybridized carbons (Fsp3) is 0.333. The van der Waals surface area contributed by atoms with E-state index in [0.29, 0.717) is 17.7 Å². The number of hydrogen-bond acceptors (Lipinski definition) is 7. The molecule has 2 N–H and O–H groups in total. The standard InChI is InChI=1S/C12H14N4O4/c17-8-4-2-1-3-7-13-9-5-6-10(16(18)19)12-11(9)14-20-15-12/h4-6,8,13,17H,1-3,7H2. The third-order valence-electron chi connectivity index (χ3n) is 2.81. The molecule has 0 spiro atoms. The minimum absolute atomic E-state index is 0.125. The third-order valence-corrected chi connectivity index (χ3v) is 2.81. The summed E-state index contributed by atoms with van der Waals surface area (Å²) in [5.74, 6) is 0. The molecule has 8 heteroatoms. The van der Waals surface area contributed by atoms with Crippen LogP contribution in [0.1, 0.15) is 19.3 Å². The molecule has 0 amide bonds. The van der Waals surface area contributed by atoms with Crippen LogP contribution in [0.3, 0.4) is 0 Å². The molecular formula is C12H14N4O4. The molecule has 0 aliphatic carbocycles. The van der Waals surface area contributed by atoms with Gasteiger partial charge in [-0.25, -0.2) is 4.63 Å². The highest BCUT2D eigenvalue weighted by Crippen LogP contribution is 2.28. The van der Waals surface area contributed by atoms with Crippen molar-refractivity contribution in [2.24, 2.45) is 0 Å². The van der Waals surface area contributed by atoms with Crippen molar-refractivity contribution in [3.05, 3.63) is 34.6 Å². The van der Waals surface area contributed by atoms with Crippen molar-refractivity contribution in [1.82, 2.24) is 10.3 Å². The van der Waals surface area contributed by atoms with Crippen LogP contribution >= 0.6 is 0 Å². The van der Waals surface area contributed by atoms with Gasteiger partial charge in [0.05, 0.1) is 16.9 Å². The summed E-state index contributed by atoms with van der Waals surface area (Å²) < 4.78 is 4.57. The van der Waals surface area contributed by atoms with Gasteiger partial charge in [-0.15, -0.1) is 0 Å². The highest BCUT2D eigenvalue weighted by atomic mass is 16.6. The van der Waals surface area contributed by atoms with Crippen LogP contribution in [0.15, 0.2) is 29.1 Å². The number of benzene rings is 1. The van der Waals surface area contributed by atoms with Gasteiger partial charge in [0.2, 0.25) is 5.52 Å². The second kappa shape index (κ2) is 6.50. The predicted molar refractivity (Wildman–Crippen MR) is 72.6 cm³/mol. The van der Waals surface area contributed by atoms with Gasteiger partial charge >= 0.3 is 5.69 Å². The first kappa shape index (κ1) is 13.8. The number of aromatic nitrogens is 2. The van der Waals surface area contributed by atoms with E-state index in [1.54, 1.807) is 12.1 Å². The number of anilines is 1. The minimum atomic E-state index is -0.516. The Morgan fingerprint density at radius 3 is 2.90 bits per heavy atom. The van der Waals surface area contributed by atoms with Crippen molar-refractivity contribution in [3.8, 4) is 0 Å². The predicted octanol–water partition coefficient (Wildman–Crippen LogP) is 2.78. The van der Waals surface area contributed by atoms with Crippen molar-refractivity contribution in [1.29, 1.82) is 0 Å². The first-order valence-electron chi connectivity index (χ1n) is 6.17. The first-order chi connectivity index (χ1) is 9.74.